The van der Waals surface area contributed by atoms with Crippen molar-refractivity contribution in [3.63, 3.8) is 0 Å². The molecule has 3 heteroatoms. The van der Waals surface area contributed by atoms with Crippen LogP contribution in [0.25, 0.3) is 0 Å². The zero-order valence-electron chi connectivity index (χ0n) is 21.5. The third-order valence-electron chi connectivity index (χ3n) is 11.4. The number of esters is 1. The average molecular weight is 443 g/mol. The van der Waals surface area contributed by atoms with Crippen molar-refractivity contribution in [3.8, 4) is 0 Å². The predicted octanol–water partition coefficient (Wildman–Crippen LogP) is 7.28. The van der Waals surface area contributed by atoms with E-state index in [2.05, 4.69) is 47.6 Å². The molecule has 3 nitrogen and oxygen atoms in total. The summed E-state index contributed by atoms with van der Waals surface area (Å²) in [5, 5.41) is 0. The molecule has 0 amide bonds. The number of ether oxygens (including phenoxy) is 1. The summed E-state index contributed by atoms with van der Waals surface area (Å²) >= 11 is 0. The molecule has 180 valence electrons. The van der Waals surface area contributed by atoms with Crippen LogP contribution in [0.15, 0.2) is 11.6 Å². The van der Waals surface area contributed by atoms with E-state index in [1.54, 1.807) is 0 Å². The molecule has 3 saturated carbocycles. The smallest absolute Gasteiger partial charge is 0.306 e. The van der Waals surface area contributed by atoms with Crippen LogP contribution in [0.4, 0.5) is 0 Å². The molecule has 4 aliphatic rings. The van der Waals surface area contributed by atoms with Gasteiger partial charge in [0.25, 0.3) is 0 Å². The lowest BCUT2D eigenvalue weighted by atomic mass is 9.36. The molecule has 0 spiro atoms. The maximum atomic E-state index is 12.8. The molecular formula is C29H46O3. The van der Waals surface area contributed by atoms with Crippen molar-refractivity contribution in [3.05, 3.63) is 11.6 Å². The second kappa shape index (κ2) is 8.27. The monoisotopic (exact) mass is 442 g/mol. The van der Waals surface area contributed by atoms with Crippen LogP contribution in [-0.4, -0.2) is 18.4 Å². The maximum absolute atomic E-state index is 12.8. The number of rotatable bonds is 6. The molecule has 0 aromatic rings. The summed E-state index contributed by atoms with van der Waals surface area (Å²) < 4.78 is 6.30. The van der Waals surface area contributed by atoms with Gasteiger partial charge in [-0.05, 0) is 84.5 Å². The van der Waals surface area contributed by atoms with Gasteiger partial charge in [0.15, 0.2) is 0 Å². The van der Waals surface area contributed by atoms with E-state index in [-0.39, 0.29) is 28.3 Å². The quantitative estimate of drug-likeness (QED) is 0.320. The number of carbonyl (C=O) groups is 2. The standard InChI is InChI=1S/C29H46O3/c1-7-9-11-25(31)32-24-18-23-27(4)16-10-15-26(3,8-2)21(27)14-17-28(23,5)22-13-12-20(19-30)29(22,24)6/h12,19,21-24H,7-11,13-18H2,1-6H3/t21-,22-,23+,24-,26-,27-,28-,29+/m0/s1. The molecule has 0 radical (unpaired) electrons. The van der Waals surface area contributed by atoms with Gasteiger partial charge in [-0.1, -0.05) is 66.9 Å². The minimum absolute atomic E-state index is 0.0721. The second-order valence-electron chi connectivity index (χ2n) is 12.7. The molecular weight excluding hydrogens is 396 g/mol. The minimum atomic E-state index is -0.346. The van der Waals surface area contributed by atoms with Crippen molar-refractivity contribution < 1.29 is 14.3 Å². The van der Waals surface area contributed by atoms with E-state index in [0.717, 1.165) is 43.5 Å². The van der Waals surface area contributed by atoms with Crippen LogP contribution in [0.1, 0.15) is 112 Å². The number of hydrogen-bond donors (Lipinski definition) is 0. The molecule has 0 saturated heterocycles. The first-order valence-electron chi connectivity index (χ1n) is 13.5. The Kier molecular flexibility index (Phi) is 6.21. The van der Waals surface area contributed by atoms with Gasteiger partial charge in [0, 0.05) is 11.8 Å². The largest absolute Gasteiger partial charge is 0.461 e. The summed E-state index contributed by atoms with van der Waals surface area (Å²) in [6.45, 7) is 14.4. The molecule has 8 atom stereocenters. The number of fused-ring (bicyclic) bond motifs is 5. The summed E-state index contributed by atoms with van der Waals surface area (Å²) in [6, 6.07) is 0. The van der Waals surface area contributed by atoms with Crippen LogP contribution in [0.3, 0.4) is 0 Å². The number of unbranched alkanes of at least 4 members (excludes halogenated alkanes) is 1. The Morgan fingerprint density at radius 3 is 2.44 bits per heavy atom. The Hall–Kier alpha value is -1.12. The van der Waals surface area contributed by atoms with E-state index >= 15 is 0 Å². The van der Waals surface area contributed by atoms with Gasteiger partial charge in [-0.2, -0.15) is 0 Å². The van der Waals surface area contributed by atoms with Gasteiger partial charge in [0.2, 0.25) is 0 Å². The van der Waals surface area contributed by atoms with Gasteiger partial charge >= 0.3 is 5.97 Å². The van der Waals surface area contributed by atoms with Gasteiger partial charge in [0.05, 0.1) is 0 Å². The molecule has 0 heterocycles. The molecule has 0 bridgehead atoms. The summed E-state index contributed by atoms with van der Waals surface area (Å²) in [5.41, 5.74) is 1.43. The van der Waals surface area contributed by atoms with Crippen LogP contribution in [-0.2, 0) is 14.3 Å². The Morgan fingerprint density at radius 1 is 1.06 bits per heavy atom. The summed E-state index contributed by atoms with van der Waals surface area (Å²) in [4.78, 5) is 25.0. The first-order valence-corrected chi connectivity index (χ1v) is 13.5. The van der Waals surface area contributed by atoms with E-state index in [0.29, 0.717) is 23.7 Å². The van der Waals surface area contributed by atoms with Crippen molar-refractivity contribution >= 4 is 12.3 Å². The second-order valence-corrected chi connectivity index (χ2v) is 12.7. The fourth-order valence-corrected chi connectivity index (χ4v) is 9.49. The summed E-state index contributed by atoms with van der Waals surface area (Å²) in [7, 11) is 0. The van der Waals surface area contributed by atoms with E-state index in [4.69, 9.17) is 4.74 Å². The first kappa shape index (κ1) is 24.0. The maximum Gasteiger partial charge on any atom is 0.306 e. The number of carbonyl (C=O) groups excluding carboxylic acids is 2. The van der Waals surface area contributed by atoms with Gasteiger partial charge in [0.1, 0.15) is 12.4 Å². The topological polar surface area (TPSA) is 43.4 Å². The summed E-state index contributed by atoms with van der Waals surface area (Å²) in [6.07, 6.45) is 15.0. The SMILES string of the molecule is CCCCC(=O)O[C@H]1C[C@@H]2[C@@]3(C)CCC[C@](C)(CC)[C@@H]3CC[C@@]2(C)[C@@H]2CC=C(C=O)[C@@]12C. The zero-order chi connectivity index (χ0) is 23.4. The van der Waals surface area contributed by atoms with Gasteiger partial charge in [-0.15, -0.1) is 0 Å². The number of aldehydes is 1. The van der Waals surface area contributed by atoms with Crippen molar-refractivity contribution in [1.82, 2.24) is 0 Å². The van der Waals surface area contributed by atoms with E-state index in [9.17, 15) is 9.59 Å². The Balaban J connectivity index is 1.73. The molecule has 0 N–H and O–H groups in total. The molecule has 0 aliphatic heterocycles. The fourth-order valence-electron chi connectivity index (χ4n) is 9.49. The predicted molar refractivity (Wildman–Crippen MR) is 129 cm³/mol. The highest BCUT2D eigenvalue weighted by Gasteiger charge is 2.68. The summed E-state index contributed by atoms with van der Waals surface area (Å²) in [5.74, 6) is 1.59. The molecule has 0 unspecified atom stereocenters. The van der Waals surface area contributed by atoms with Crippen molar-refractivity contribution in [2.45, 2.75) is 118 Å². The van der Waals surface area contributed by atoms with Crippen LogP contribution in [0.5, 0.6) is 0 Å². The van der Waals surface area contributed by atoms with Gasteiger partial charge in [-0.3, -0.25) is 9.59 Å². The minimum Gasteiger partial charge on any atom is -0.461 e. The Labute approximate surface area is 196 Å². The third-order valence-corrected chi connectivity index (χ3v) is 11.4. The lowest BCUT2D eigenvalue weighted by molar-refractivity contribution is -0.221. The van der Waals surface area contributed by atoms with Gasteiger partial charge in [-0.25, -0.2) is 0 Å². The molecule has 3 fully saturated rings. The van der Waals surface area contributed by atoms with Crippen LogP contribution >= 0.6 is 0 Å². The lowest BCUT2D eigenvalue weighted by Crippen LogP contribution is -2.64. The third kappa shape index (κ3) is 3.27. The highest BCUT2D eigenvalue weighted by molar-refractivity contribution is 5.77. The normalized spacial score (nSPS) is 47.6. The fraction of sp³-hybridized carbons (Fsp3) is 0.862. The highest BCUT2D eigenvalue weighted by Crippen LogP contribution is 2.73. The molecule has 32 heavy (non-hydrogen) atoms. The van der Waals surface area contributed by atoms with Crippen molar-refractivity contribution in [2.75, 3.05) is 0 Å². The van der Waals surface area contributed by atoms with Gasteiger partial charge < -0.3 is 4.74 Å². The van der Waals surface area contributed by atoms with E-state index in [1.807, 2.05) is 0 Å². The first-order chi connectivity index (χ1) is 15.1. The molecule has 0 aromatic heterocycles. The molecule has 0 aromatic carbocycles. The number of allylic oxidation sites excluding steroid dienone is 1. The van der Waals surface area contributed by atoms with E-state index < -0.39 is 0 Å². The van der Waals surface area contributed by atoms with Crippen LogP contribution in [0, 0.1) is 39.4 Å². The van der Waals surface area contributed by atoms with Crippen molar-refractivity contribution in [1.29, 1.82) is 0 Å². The average Bonchev–Trinajstić information content (AvgIpc) is 3.12. The lowest BCUT2D eigenvalue weighted by Gasteiger charge is -2.69. The number of hydrogen-bond acceptors (Lipinski definition) is 3. The Bertz CT molecular complexity index is 785. The zero-order valence-corrected chi connectivity index (χ0v) is 21.5. The van der Waals surface area contributed by atoms with Crippen molar-refractivity contribution in [2.24, 2.45) is 39.4 Å². The molecule has 4 rings (SSSR count). The highest BCUT2D eigenvalue weighted by atomic mass is 16.5. The van der Waals surface area contributed by atoms with Crippen LogP contribution in [0.2, 0.25) is 0 Å². The van der Waals surface area contributed by atoms with E-state index in [1.165, 1.54) is 38.5 Å². The molecule has 4 aliphatic carbocycles. The van der Waals surface area contributed by atoms with Crippen LogP contribution < -0.4 is 0 Å². The Morgan fingerprint density at radius 2 is 1.78 bits per heavy atom.